The first-order chi connectivity index (χ1) is 11.0. The fourth-order valence-corrected chi connectivity index (χ4v) is 6.01. The van der Waals surface area contributed by atoms with Crippen molar-refractivity contribution in [2.45, 2.75) is 43.7 Å². The largest absolute Gasteiger partial charge is 0.393 e. The minimum Gasteiger partial charge on any atom is -0.393 e. The van der Waals surface area contributed by atoms with E-state index >= 15 is 0 Å². The highest BCUT2D eigenvalue weighted by Gasteiger charge is 2.59. The third-order valence-electron chi connectivity index (χ3n) is 6.60. The molecule has 5 aliphatic rings. The SMILES string of the molecule is C=C1N(C)c2cnc(Cl)nc2N1C12CC3CC(C1)C(O)C(C3)C2. The molecule has 2 atom stereocenters. The van der Waals surface area contributed by atoms with Gasteiger partial charge in [0.15, 0.2) is 5.82 Å². The summed E-state index contributed by atoms with van der Waals surface area (Å²) in [6.45, 7) is 4.32. The molecule has 1 aliphatic heterocycles. The predicted molar refractivity (Wildman–Crippen MR) is 89.4 cm³/mol. The second kappa shape index (κ2) is 4.39. The third-order valence-corrected chi connectivity index (χ3v) is 6.79. The summed E-state index contributed by atoms with van der Waals surface area (Å²) in [7, 11) is 2.01. The number of aliphatic hydroxyl groups excluding tert-OH is 1. The van der Waals surface area contributed by atoms with Gasteiger partial charge in [0, 0.05) is 12.6 Å². The van der Waals surface area contributed by atoms with Crippen molar-refractivity contribution in [3.05, 3.63) is 23.9 Å². The molecule has 4 aliphatic carbocycles. The average molecular weight is 333 g/mol. The zero-order valence-electron chi connectivity index (χ0n) is 13.2. The fourth-order valence-electron chi connectivity index (χ4n) is 5.88. The van der Waals surface area contributed by atoms with Gasteiger partial charge in [-0.1, -0.05) is 6.58 Å². The summed E-state index contributed by atoms with van der Waals surface area (Å²) in [6.07, 6.45) is 7.22. The Balaban J connectivity index is 1.63. The first kappa shape index (κ1) is 14.1. The van der Waals surface area contributed by atoms with E-state index in [2.05, 4.69) is 26.3 Å². The van der Waals surface area contributed by atoms with Crippen LogP contribution in [-0.4, -0.2) is 33.8 Å². The maximum absolute atomic E-state index is 10.5. The second-order valence-corrected chi connectivity index (χ2v) is 8.18. The molecule has 2 unspecified atom stereocenters. The molecule has 4 fully saturated rings. The molecule has 0 saturated heterocycles. The highest BCUT2D eigenvalue weighted by atomic mass is 35.5. The number of halogens is 1. The van der Waals surface area contributed by atoms with Gasteiger partial charge in [-0.25, -0.2) is 4.98 Å². The average Bonchev–Trinajstić information content (AvgIpc) is 2.75. The fraction of sp³-hybridized carbons (Fsp3) is 0.647. The molecule has 6 heteroatoms. The molecule has 0 spiro atoms. The lowest BCUT2D eigenvalue weighted by Crippen LogP contribution is -2.63. The van der Waals surface area contributed by atoms with Crippen LogP contribution in [0.25, 0.3) is 0 Å². The van der Waals surface area contributed by atoms with E-state index < -0.39 is 0 Å². The molecule has 23 heavy (non-hydrogen) atoms. The first-order valence-electron chi connectivity index (χ1n) is 8.42. The molecule has 4 bridgehead atoms. The van der Waals surface area contributed by atoms with Crippen LogP contribution in [-0.2, 0) is 0 Å². The van der Waals surface area contributed by atoms with Crippen LogP contribution in [0.4, 0.5) is 11.5 Å². The summed E-state index contributed by atoms with van der Waals surface area (Å²) in [6, 6.07) is 0. The van der Waals surface area contributed by atoms with Gasteiger partial charge in [-0.2, -0.15) is 4.98 Å². The van der Waals surface area contributed by atoms with E-state index in [4.69, 9.17) is 11.6 Å². The minimum absolute atomic E-state index is 0.0318. The summed E-state index contributed by atoms with van der Waals surface area (Å²) in [4.78, 5) is 13.0. The van der Waals surface area contributed by atoms with Gasteiger partial charge in [0.1, 0.15) is 11.5 Å². The van der Waals surface area contributed by atoms with Crippen LogP contribution < -0.4 is 9.80 Å². The number of hydrogen-bond donors (Lipinski definition) is 1. The summed E-state index contributed by atoms with van der Waals surface area (Å²) in [5.74, 6) is 3.39. The molecule has 0 aromatic carbocycles. The van der Waals surface area contributed by atoms with Gasteiger partial charge in [-0.3, -0.25) is 0 Å². The molecule has 2 heterocycles. The van der Waals surface area contributed by atoms with E-state index in [-0.39, 0.29) is 16.9 Å². The van der Waals surface area contributed by atoms with E-state index in [1.165, 1.54) is 19.3 Å². The van der Waals surface area contributed by atoms with Crippen molar-refractivity contribution >= 4 is 23.1 Å². The Kier molecular flexibility index (Phi) is 2.68. The molecule has 122 valence electrons. The molecule has 5 nitrogen and oxygen atoms in total. The second-order valence-electron chi connectivity index (χ2n) is 7.84. The van der Waals surface area contributed by atoms with Gasteiger partial charge in [0.2, 0.25) is 5.28 Å². The number of aromatic nitrogens is 2. The van der Waals surface area contributed by atoms with Gasteiger partial charge in [0.25, 0.3) is 0 Å². The molecular weight excluding hydrogens is 312 g/mol. The monoisotopic (exact) mass is 332 g/mol. The summed E-state index contributed by atoms with van der Waals surface area (Å²) >= 11 is 6.08. The summed E-state index contributed by atoms with van der Waals surface area (Å²) < 4.78 is 0. The van der Waals surface area contributed by atoms with Crippen LogP contribution in [0, 0.1) is 17.8 Å². The summed E-state index contributed by atoms with van der Waals surface area (Å²) in [5.41, 5.74) is 1.000. The van der Waals surface area contributed by atoms with Crippen LogP contribution in [0.2, 0.25) is 5.28 Å². The standard InChI is InChI=1S/C17H21ClN4O/c1-9-21(2)13-8-19-16(18)20-15(13)22(9)17-5-10-3-11(6-17)14(23)12(4-10)7-17/h8,10-12,14,23H,1,3-7H2,2H3. The number of nitrogens with zero attached hydrogens (tertiary/aromatic N) is 4. The van der Waals surface area contributed by atoms with Gasteiger partial charge in [0.05, 0.1) is 12.3 Å². The van der Waals surface area contributed by atoms with Gasteiger partial charge < -0.3 is 14.9 Å². The van der Waals surface area contributed by atoms with Gasteiger partial charge >= 0.3 is 0 Å². The van der Waals surface area contributed by atoms with E-state index in [0.717, 1.165) is 36.1 Å². The number of rotatable bonds is 1. The Hall–Kier alpha value is -1.33. The van der Waals surface area contributed by atoms with Crippen molar-refractivity contribution in [1.29, 1.82) is 0 Å². The topological polar surface area (TPSA) is 52.5 Å². The predicted octanol–water partition coefficient (Wildman–Crippen LogP) is 2.80. The number of hydrogen-bond acceptors (Lipinski definition) is 5. The molecule has 6 rings (SSSR count). The Morgan fingerprint density at radius 1 is 1.30 bits per heavy atom. The van der Waals surface area contributed by atoms with Crippen molar-refractivity contribution in [3.63, 3.8) is 0 Å². The normalized spacial score (nSPS) is 40.9. The molecule has 4 saturated carbocycles. The molecule has 1 aromatic rings. The number of fused-ring (bicyclic) bond motifs is 1. The Labute approximate surface area is 141 Å². The number of anilines is 2. The van der Waals surface area contributed by atoms with Gasteiger partial charge in [-0.15, -0.1) is 0 Å². The van der Waals surface area contributed by atoms with Crippen LogP contribution in [0.3, 0.4) is 0 Å². The van der Waals surface area contributed by atoms with E-state index in [1.54, 1.807) is 6.20 Å². The highest BCUT2D eigenvalue weighted by molar-refractivity contribution is 6.28. The molecule has 0 radical (unpaired) electrons. The van der Waals surface area contributed by atoms with Crippen molar-refractivity contribution in [1.82, 2.24) is 9.97 Å². The van der Waals surface area contributed by atoms with Crippen LogP contribution >= 0.6 is 11.6 Å². The smallest absolute Gasteiger partial charge is 0.224 e. The highest BCUT2D eigenvalue weighted by Crippen LogP contribution is 2.60. The van der Waals surface area contributed by atoms with Crippen LogP contribution in [0.1, 0.15) is 32.1 Å². The maximum atomic E-state index is 10.5. The van der Waals surface area contributed by atoms with Crippen LogP contribution in [0.5, 0.6) is 0 Å². The molecule has 0 amide bonds. The Morgan fingerprint density at radius 2 is 2.00 bits per heavy atom. The van der Waals surface area contributed by atoms with Crippen molar-refractivity contribution in [2.75, 3.05) is 16.8 Å². The van der Waals surface area contributed by atoms with E-state index in [1.807, 2.05) is 7.05 Å². The van der Waals surface area contributed by atoms with Gasteiger partial charge in [-0.05, 0) is 61.5 Å². The lowest BCUT2D eigenvalue weighted by molar-refractivity contribution is -0.102. The quantitative estimate of drug-likeness (QED) is 0.801. The zero-order valence-corrected chi connectivity index (χ0v) is 14.0. The maximum Gasteiger partial charge on any atom is 0.224 e. The Bertz CT molecular complexity index is 692. The molecule has 1 N–H and O–H groups in total. The number of aliphatic hydroxyl groups is 1. The molecular formula is C17H21ClN4O. The van der Waals surface area contributed by atoms with E-state index in [0.29, 0.717) is 11.8 Å². The lowest BCUT2D eigenvalue weighted by atomic mass is 9.51. The van der Waals surface area contributed by atoms with E-state index in [9.17, 15) is 5.11 Å². The summed E-state index contributed by atoms with van der Waals surface area (Å²) in [5, 5.41) is 10.8. The Morgan fingerprint density at radius 3 is 2.70 bits per heavy atom. The van der Waals surface area contributed by atoms with Crippen molar-refractivity contribution < 1.29 is 5.11 Å². The lowest BCUT2D eigenvalue weighted by Gasteiger charge is -2.61. The minimum atomic E-state index is -0.123. The first-order valence-corrected chi connectivity index (χ1v) is 8.80. The van der Waals surface area contributed by atoms with Crippen molar-refractivity contribution in [3.8, 4) is 0 Å². The molecule has 1 aromatic heterocycles. The van der Waals surface area contributed by atoms with Crippen LogP contribution in [0.15, 0.2) is 18.6 Å². The third kappa shape index (κ3) is 1.72. The van der Waals surface area contributed by atoms with Crippen molar-refractivity contribution in [2.24, 2.45) is 17.8 Å². The zero-order chi connectivity index (χ0) is 15.9.